The van der Waals surface area contributed by atoms with E-state index in [9.17, 15) is 13.2 Å². The molecule has 2 heterocycles. The van der Waals surface area contributed by atoms with Crippen LogP contribution in [-0.2, 0) is 14.6 Å². The van der Waals surface area contributed by atoms with Gasteiger partial charge in [-0.25, -0.2) is 8.42 Å². The number of hydrogen-bond acceptors (Lipinski definition) is 7. The lowest BCUT2D eigenvalue weighted by Crippen LogP contribution is -2.48. The SMILES string of the molecule is O=C(O)CS(=O)(=O)CCN1CCN(c2nc3ccccc3o2)CC1. The molecule has 130 valence electrons. The fraction of sp³-hybridized carbons (Fsp3) is 0.467. The summed E-state index contributed by atoms with van der Waals surface area (Å²) in [5, 5.41) is 8.59. The smallest absolute Gasteiger partial charge is 0.318 e. The molecule has 0 radical (unpaired) electrons. The molecule has 1 aliphatic heterocycles. The molecule has 1 N–H and O–H groups in total. The number of benzene rings is 1. The van der Waals surface area contributed by atoms with Crippen molar-refractivity contribution in [2.45, 2.75) is 0 Å². The first-order valence-corrected chi connectivity index (χ1v) is 9.50. The number of para-hydroxylation sites is 2. The van der Waals surface area contributed by atoms with Gasteiger partial charge in [0.25, 0.3) is 6.01 Å². The zero-order chi connectivity index (χ0) is 17.2. The van der Waals surface area contributed by atoms with E-state index in [1.807, 2.05) is 34.1 Å². The molecule has 8 nitrogen and oxygen atoms in total. The summed E-state index contributed by atoms with van der Waals surface area (Å²) < 4.78 is 29.0. The minimum Gasteiger partial charge on any atom is -0.480 e. The van der Waals surface area contributed by atoms with Crippen molar-refractivity contribution < 1.29 is 22.7 Å². The minimum atomic E-state index is -3.55. The summed E-state index contributed by atoms with van der Waals surface area (Å²) in [6, 6.07) is 8.15. The van der Waals surface area contributed by atoms with Crippen LogP contribution in [0.1, 0.15) is 0 Å². The van der Waals surface area contributed by atoms with Gasteiger partial charge in [-0.3, -0.25) is 9.69 Å². The second-order valence-electron chi connectivity index (χ2n) is 5.78. The van der Waals surface area contributed by atoms with Crippen LogP contribution in [0.2, 0.25) is 0 Å². The number of sulfone groups is 1. The number of hydrogen-bond donors (Lipinski definition) is 1. The van der Waals surface area contributed by atoms with Gasteiger partial charge in [0.1, 0.15) is 11.3 Å². The summed E-state index contributed by atoms with van der Waals surface area (Å²) in [7, 11) is -3.55. The Bertz CT molecular complexity index is 792. The maximum atomic E-state index is 11.6. The fourth-order valence-electron chi connectivity index (χ4n) is 2.69. The monoisotopic (exact) mass is 353 g/mol. The highest BCUT2D eigenvalue weighted by atomic mass is 32.2. The van der Waals surface area contributed by atoms with Crippen LogP contribution in [-0.4, -0.2) is 73.6 Å². The van der Waals surface area contributed by atoms with Gasteiger partial charge < -0.3 is 14.4 Å². The predicted octanol–water partition coefficient (Wildman–Crippen LogP) is 0.449. The summed E-state index contributed by atoms with van der Waals surface area (Å²) >= 11 is 0. The summed E-state index contributed by atoms with van der Waals surface area (Å²) in [6.45, 7) is 3.08. The Balaban J connectivity index is 1.53. The summed E-state index contributed by atoms with van der Waals surface area (Å²) in [5.74, 6) is -2.26. The predicted molar refractivity (Wildman–Crippen MR) is 89.0 cm³/mol. The van der Waals surface area contributed by atoms with Crippen molar-refractivity contribution in [2.24, 2.45) is 0 Å². The van der Waals surface area contributed by atoms with Crippen molar-refractivity contribution in [2.75, 3.05) is 49.1 Å². The van der Waals surface area contributed by atoms with E-state index in [0.717, 1.165) is 11.1 Å². The maximum absolute atomic E-state index is 11.6. The van der Waals surface area contributed by atoms with E-state index in [-0.39, 0.29) is 5.75 Å². The van der Waals surface area contributed by atoms with E-state index >= 15 is 0 Å². The summed E-state index contributed by atoms with van der Waals surface area (Å²) in [6.07, 6.45) is 0. The lowest BCUT2D eigenvalue weighted by molar-refractivity contribution is -0.134. The Morgan fingerprint density at radius 3 is 2.58 bits per heavy atom. The molecule has 0 aliphatic carbocycles. The first-order chi connectivity index (χ1) is 11.4. The van der Waals surface area contributed by atoms with E-state index in [1.54, 1.807) is 0 Å². The lowest BCUT2D eigenvalue weighted by Gasteiger charge is -2.33. The van der Waals surface area contributed by atoms with Crippen molar-refractivity contribution in [1.82, 2.24) is 9.88 Å². The molecule has 0 bridgehead atoms. The van der Waals surface area contributed by atoms with Gasteiger partial charge in [0.05, 0.1) is 5.75 Å². The Morgan fingerprint density at radius 2 is 1.92 bits per heavy atom. The molecule has 3 rings (SSSR count). The number of anilines is 1. The van der Waals surface area contributed by atoms with Crippen LogP contribution in [0, 0.1) is 0 Å². The standard InChI is InChI=1S/C15H19N3O5S/c19-14(20)11-24(21,22)10-9-17-5-7-18(8-6-17)15-16-12-3-1-2-4-13(12)23-15/h1-4H,5-11H2,(H,19,20). The van der Waals surface area contributed by atoms with Crippen molar-refractivity contribution >= 4 is 32.9 Å². The molecular formula is C15H19N3O5S. The molecule has 1 saturated heterocycles. The zero-order valence-electron chi connectivity index (χ0n) is 13.1. The number of aliphatic carboxylic acids is 1. The first kappa shape index (κ1) is 16.7. The van der Waals surface area contributed by atoms with Crippen LogP contribution in [0.25, 0.3) is 11.1 Å². The average Bonchev–Trinajstić information content (AvgIpc) is 2.96. The molecular weight excluding hydrogens is 334 g/mol. The van der Waals surface area contributed by atoms with Crippen LogP contribution in [0.4, 0.5) is 6.01 Å². The van der Waals surface area contributed by atoms with E-state index in [2.05, 4.69) is 4.98 Å². The highest BCUT2D eigenvalue weighted by Gasteiger charge is 2.23. The molecule has 0 unspecified atom stereocenters. The van der Waals surface area contributed by atoms with Crippen LogP contribution < -0.4 is 4.90 Å². The van der Waals surface area contributed by atoms with Crippen molar-refractivity contribution in [3.63, 3.8) is 0 Å². The first-order valence-electron chi connectivity index (χ1n) is 7.68. The van der Waals surface area contributed by atoms with Crippen LogP contribution in [0.3, 0.4) is 0 Å². The number of aromatic nitrogens is 1. The van der Waals surface area contributed by atoms with Gasteiger partial charge in [0.15, 0.2) is 15.4 Å². The average molecular weight is 353 g/mol. The molecule has 0 amide bonds. The van der Waals surface area contributed by atoms with Crippen LogP contribution >= 0.6 is 0 Å². The van der Waals surface area contributed by atoms with Crippen molar-refractivity contribution in [3.05, 3.63) is 24.3 Å². The lowest BCUT2D eigenvalue weighted by atomic mass is 10.3. The number of piperazine rings is 1. The van der Waals surface area contributed by atoms with Gasteiger partial charge in [-0.05, 0) is 12.1 Å². The number of rotatable bonds is 6. The third kappa shape index (κ3) is 4.04. The Morgan fingerprint density at radius 1 is 1.21 bits per heavy atom. The number of nitrogens with zero attached hydrogens (tertiary/aromatic N) is 3. The quantitative estimate of drug-likeness (QED) is 0.798. The highest BCUT2D eigenvalue weighted by molar-refractivity contribution is 7.92. The topological polar surface area (TPSA) is 104 Å². The third-order valence-corrected chi connectivity index (χ3v) is 5.48. The zero-order valence-corrected chi connectivity index (χ0v) is 13.9. The number of carbonyl (C=O) groups is 1. The normalized spacial score (nSPS) is 16.6. The molecule has 0 saturated carbocycles. The Hall–Kier alpha value is -2.13. The minimum absolute atomic E-state index is 0.137. The van der Waals surface area contributed by atoms with E-state index < -0.39 is 21.6 Å². The molecule has 1 aliphatic rings. The van der Waals surface area contributed by atoms with Crippen LogP contribution in [0.15, 0.2) is 28.7 Å². The molecule has 0 spiro atoms. The molecule has 24 heavy (non-hydrogen) atoms. The molecule has 1 aromatic carbocycles. The third-order valence-electron chi connectivity index (χ3n) is 3.99. The molecule has 0 atom stereocenters. The fourth-order valence-corrected chi connectivity index (χ4v) is 3.74. The van der Waals surface area contributed by atoms with Gasteiger partial charge in [-0.15, -0.1) is 0 Å². The highest BCUT2D eigenvalue weighted by Crippen LogP contribution is 2.22. The number of carboxylic acid groups (broad SMARTS) is 1. The molecule has 1 fully saturated rings. The van der Waals surface area contributed by atoms with Gasteiger partial charge >= 0.3 is 5.97 Å². The van der Waals surface area contributed by atoms with Gasteiger partial charge in [-0.1, -0.05) is 12.1 Å². The molecule has 9 heteroatoms. The molecule has 1 aromatic heterocycles. The van der Waals surface area contributed by atoms with Gasteiger partial charge in [0, 0.05) is 32.7 Å². The number of oxazole rings is 1. The largest absolute Gasteiger partial charge is 0.480 e. The van der Waals surface area contributed by atoms with Gasteiger partial charge in [-0.2, -0.15) is 4.98 Å². The summed E-state index contributed by atoms with van der Waals surface area (Å²) in [5.41, 5.74) is 1.56. The molecule has 2 aromatic rings. The number of fused-ring (bicyclic) bond motifs is 1. The van der Waals surface area contributed by atoms with E-state index in [0.29, 0.717) is 38.7 Å². The van der Waals surface area contributed by atoms with Crippen LogP contribution in [0.5, 0.6) is 0 Å². The van der Waals surface area contributed by atoms with Crippen molar-refractivity contribution in [3.8, 4) is 0 Å². The second-order valence-corrected chi connectivity index (χ2v) is 7.96. The van der Waals surface area contributed by atoms with Gasteiger partial charge in [0.2, 0.25) is 0 Å². The van der Waals surface area contributed by atoms with Crippen molar-refractivity contribution in [1.29, 1.82) is 0 Å². The summed E-state index contributed by atoms with van der Waals surface area (Å²) in [4.78, 5) is 19.0. The Labute approximate surface area is 139 Å². The maximum Gasteiger partial charge on any atom is 0.318 e. The second kappa shape index (κ2) is 6.78. The van der Waals surface area contributed by atoms with E-state index in [1.165, 1.54) is 0 Å². The van der Waals surface area contributed by atoms with E-state index in [4.69, 9.17) is 9.52 Å². The Kier molecular flexibility index (Phi) is 4.72. The number of carboxylic acids is 1.